The second kappa shape index (κ2) is 13.9. The van der Waals surface area contributed by atoms with Crippen molar-refractivity contribution in [2.24, 2.45) is 0 Å². The highest BCUT2D eigenvalue weighted by Crippen LogP contribution is 2.52. The van der Waals surface area contributed by atoms with Crippen LogP contribution in [0.25, 0.3) is 44.6 Å². The van der Waals surface area contributed by atoms with E-state index in [0.717, 1.165) is 96.5 Å². The molecule has 7 heteroatoms. The molecule has 63 heavy (non-hydrogen) atoms. The van der Waals surface area contributed by atoms with Crippen LogP contribution in [0, 0.1) is 20.8 Å². The minimum absolute atomic E-state index is 0.00215. The highest BCUT2D eigenvalue weighted by Gasteiger charge is 2.46. The molecule has 0 bridgehead atoms. The number of para-hydroxylation sites is 2. The molecule has 0 amide bonds. The van der Waals surface area contributed by atoms with Gasteiger partial charge in [0.05, 0.1) is 24.6 Å². The summed E-state index contributed by atoms with van der Waals surface area (Å²) in [5.41, 5.74) is 18.9. The number of aryl methyl sites for hydroxylation is 3. The summed E-state index contributed by atoms with van der Waals surface area (Å²) in [6.07, 6.45) is 0.820. The number of ether oxygens (including phenoxy) is 2. The third-order valence-electron chi connectivity index (χ3n) is 13.2. The Morgan fingerprint density at radius 1 is 0.540 bits per heavy atom. The van der Waals surface area contributed by atoms with Gasteiger partial charge in [0.25, 0.3) is 6.71 Å². The van der Waals surface area contributed by atoms with E-state index in [4.69, 9.17) is 18.3 Å². The Hall–Kier alpha value is -7.12. The fourth-order valence-electron chi connectivity index (χ4n) is 10.3. The summed E-state index contributed by atoms with van der Waals surface area (Å²) in [5.74, 6) is 3.26. The van der Waals surface area contributed by atoms with E-state index in [1.165, 1.54) is 38.8 Å². The fourth-order valence-corrected chi connectivity index (χ4v) is 10.3. The summed E-state index contributed by atoms with van der Waals surface area (Å²) >= 11 is 0. The third kappa shape index (κ3) is 5.93. The lowest BCUT2D eigenvalue weighted by atomic mass is 9.33. The summed E-state index contributed by atoms with van der Waals surface area (Å²) in [6, 6.07) is 50.3. The number of fused-ring (bicyclic) bond motifs is 8. The highest BCUT2D eigenvalue weighted by atomic mass is 16.5. The van der Waals surface area contributed by atoms with Crippen molar-refractivity contribution >= 4 is 79.2 Å². The van der Waals surface area contributed by atoms with Gasteiger partial charge in [-0.3, -0.25) is 0 Å². The molecule has 2 aromatic heterocycles. The minimum atomic E-state index is -0.108. The molecular weight excluding hydrogens is 775 g/mol. The van der Waals surface area contributed by atoms with E-state index in [0.29, 0.717) is 13.2 Å². The van der Waals surface area contributed by atoms with Crippen LogP contribution < -0.4 is 35.7 Å². The van der Waals surface area contributed by atoms with Crippen LogP contribution in [0.5, 0.6) is 11.5 Å². The number of furan rings is 2. The van der Waals surface area contributed by atoms with Gasteiger partial charge < -0.3 is 28.1 Å². The molecule has 0 atom stereocenters. The Bertz CT molecular complexity index is 3240. The van der Waals surface area contributed by atoms with E-state index < -0.39 is 0 Å². The molecule has 0 saturated carbocycles. The Morgan fingerprint density at radius 3 is 1.86 bits per heavy atom. The first kappa shape index (κ1) is 37.6. The molecule has 9 aromatic rings. The first-order valence-corrected chi connectivity index (χ1v) is 22.1. The predicted octanol–water partition coefficient (Wildman–Crippen LogP) is 13.0. The van der Waals surface area contributed by atoms with E-state index >= 15 is 0 Å². The second-order valence-electron chi connectivity index (χ2n) is 18.5. The van der Waals surface area contributed by atoms with Crippen LogP contribution in [0.15, 0.2) is 148 Å². The van der Waals surface area contributed by atoms with Gasteiger partial charge in [-0.2, -0.15) is 0 Å². The lowest BCUT2D eigenvalue weighted by molar-refractivity contribution is 0.297. The fraction of sp³-hybridized carbons (Fsp3) is 0.179. The van der Waals surface area contributed by atoms with Crippen LogP contribution in [0.2, 0.25) is 0 Å². The van der Waals surface area contributed by atoms with Crippen LogP contribution in [0.4, 0.5) is 34.1 Å². The normalized spacial score (nSPS) is 14.2. The maximum absolute atomic E-state index is 6.81. The van der Waals surface area contributed by atoms with Crippen molar-refractivity contribution in [3.63, 3.8) is 0 Å². The molecule has 0 unspecified atom stereocenters. The lowest BCUT2D eigenvalue weighted by Crippen LogP contribution is -2.61. The first-order valence-electron chi connectivity index (χ1n) is 22.1. The Labute approximate surface area is 368 Å². The topological polar surface area (TPSA) is 51.2 Å². The largest absolute Gasteiger partial charge is 0.489 e. The van der Waals surface area contributed by atoms with Crippen molar-refractivity contribution in [3.8, 4) is 34.1 Å². The number of hydrogen-bond donors (Lipinski definition) is 0. The Morgan fingerprint density at radius 2 is 1.17 bits per heavy atom. The quantitative estimate of drug-likeness (QED) is 0.165. The summed E-state index contributed by atoms with van der Waals surface area (Å²) in [4.78, 5) is 4.96. The smallest absolute Gasteiger partial charge is 0.252 e. The number of anilines is 6. The average molecular weight is 823 g/mol. The van der Waals surface area contributed by atoms with Crippen molar-refractivity contribution in [1.29, 1.82) is 0 Å². The molecule has 0 fully saturated rings. The summed E-state index contributed by atoms with van der Waals surface area (Å²) in [6.45, 7) is 14.7. The van der Waals surface area contributed by atoms with Crippen LogP contribution in [0.3, 0.4) is 0 Å². The zero-order valence-corrected chi connectivity index (χ0v) is 36.5. The molecule has 12 rings (SSSR count). The third-order valence-corrected chi connectivity index (χ3v) is 13.2. The molecule has 3 aliphatic heterocycles. The number of hydrogen-bond acceptors (Lipinski definition) is 6. The second-order valence-corrected chi connectivity index (χ2v) is 18.5. The van der Waals surface area contributed by atoms with Crippen LogP contribution in [0.1, 0.15) is 49.4 Å². The van der Waals surface area contributed by atoms with E-state index in [-0.39, 0.29) is 12.1 Å². The zero-order valence-electron chi connectivity index (χ0n) is 36.5. The first-order chi connectivity index (χ1) is 30.6. The van der Waals surface area contributed by atoms with Crippen molar-refractivity contribution in [1.82, 2.24) is 0 Å². The lowest BCUT2D eigenvalue weighted by Gasteiger charge is -2.45. The van der Waals surface area contributed by atoms with Crippen LogP contribution in [-0.4, -0.2) is 19.9 Å². The average Bonchev–Trinajstić information content (AvgIpc) is 3.84. The zero-order chi connectivity index (χ0) is 42.7. The molecule has 6 nitrogen and oxygen atoms in total. The van der Waals surface area contributed by atoms with Crippen molar-refractivity contribution in [2.75, 3.05) is 23.0 Å². The Kier molecular flexibility index (Phi) is 8.33. The SMILES string of the molecule is Cc1cc2c3c(c1)N(c1c(C)cc(C(C)(C)C)cc1C)c1c(ccc4c1OCCCO4)B3c1ccc(-c3cc4ccccc4o3)cc1N2c1cccc(-c2cc3ccccc3o2)c1. The number of rotatable bonds is 4. The maximum atomic E-state index is 6.81. The summed E-state index contributed by atoms with van der Waals surface area (Å²) in [5, 5.41) is 2.16. The van der Waals surface area contributed by atoms with Crippen molar-refractivity contribution in [2.45, 2.75) is 53.4 Å². The van der Waals surface area contributed by atoms with Crippen molar-refractivity contribution in [3.05, 3.63) is 162 Å². The summed E-state index contributed by atoms with van der Waals surface area (Å²) in [7, 11) is 0. The molecule has 0 radical (unpaired) electrons. The van der Waals surface area contributed by atoms with Crippen LogP contribution >= 0.6 is 0 Å². The van der Waals surface area contributed by atoms with Gasteiger partial charge in [0.2, 0.25) is 0 Å². The van der Waals surface area contributed by atoms with Gasteiger partial charge in [0, 0.05) is 51.1 Å². The van der Waals surface area contributed by atoms with E-state index in [2.05, 4.69) is 167 Å². The molecule has 7 aromatic carbocycles. The van der Waals surface area contributed by atoms with Gasteiger partial charge in [-0.25, -0.2) is 0 Å². The molecule has 308 valence electrons. The monoisotopic (exact) mass is 822 g/mol. The van der Waals surface area contributed by atoms with Gasteiger partial charge in [0.1, 0.15) is 22.7 Å². The molecular formula is C56H47BN2O4. The molecule has 0 aliphatic carbocycles. The molecule has 3 aliphatic rings. The van der Waals surface area contributed by atoms with Gasteiger partial charge in [-0.15, -0.1) is 0 Å². The van der Waals surface area contributed by atoms with E-state index in [1.807, 2.05) is 24.3 Å². The maximum Gasteiger partial charge on any atom is 0.252 e. The van der Waals surface area contributed by atoms with Gasteiger partial charge in [-0.05, 0) is 125 Å². The molecule has 0 spiro atoms. The number of nitrogens with zero attached hydrogens (tertiary/aromatic N) is 2. The number of benzene rings is 7. The van der Waals surface area contributed by atoms with E-state index in [1.54, 1.807) is 0 Å². The van der Waals surface area contributed by atoms with Crippen LogP contribution in [-0.2, 0) is 5.41 Å². The highest BCUT2D eigenvalue weighted by molar-refractivity contribution is 7.00. The summed E-state index contributed by atoms with van der Waals surface area (Å²) < 4.78 is 26.3. The standard InChI is InChI=1S/C56H47BN2O4/c1-33-25-45-52-46(26-33)59(53-34(2)27-40(28-35(53)3)56(4,5)6)54-43(21-22-49-55(54)61-24-12-23-60-49)57(52)42-20-19-39(51-32-38-14-8-10-18-48(38)63-51)30-44(42)58(45)41-16-11-15-36(29-41)50-31-37-13-7-9-17-47(37)62-50/h7-11,13-22,25-32H,12,23-24H2,1-6H3. The molecule has 0 N–H and O–H groups in total. The minimum Gasteiger partial charge on any atom is -0.489 e. The molecule has 5 heterocycles. The van der Waals surface area contributed by atoms with Crippen molar-refractivity contribution < 1.29 is 18.3 Å². The van der Waals surface area contributed by atoms with Gasteiger partial charge in [0.15, 0.2) is 11.5 Å². The van der Waals surface area contributed by atoms with E-state index in [9.17, 15) is 0 Å². The predicted molar refractivity (Wildman–Crippen MR) is 259 cm³/mol. The molecule has 0 saturated heterocycles. The Balaban J connectivity index is 1.15. The van der Waals surface area contributed by atoms with Gasteiger partial charge >= 0.3 is 0 Å². The van der Waals surface area contributed by atoms with Gasteiger partial charge in [-0.1, -0.05) is 99.6 Å².